The van der Waals surface area contributed by atoms with Crippen LogP contribution >= 0.6 is 27.5 Å². The average Bonchev–Trinajstić information content (AvgIpc) is 2.70. The fourth-order valence-electron chi connectivity index (χ4n) is 1.99. The summed E-state index contributed by atoms with van der Waals surface area (Å²) in [6, 6.07) is 4.30. The highest BCUT2D eigenvalue weighted by Gasteiger charge is 2.29. The van der Waals surface area contributed by atoms with Crippen molar-refractivity contribution in [3.05, 3.63) is 27.7 Å². The van der Waals surface area contributed by atoms with Crippen LogP contribution < -0.4 is 4.72 Å². The number of hydrogen-bond acceptors (Lipinski definition) is 4. The summed E-state index contributed by atoms with van der Waals surface area (Å²) >= 11 is 8.98. The van der Waals surface area contributed by atoms with E-state index in [9.17, 15) is 16.8 Å². The predicted octanol–water partition coefficient (Wildman–Crippen LogP) is 1.82. The molecule has 0 aliphatic carbocycles. The summed E-state index contributed by atoms with van der Waals surface area (Å²) in [6.45, 7) is 0.127. The molecule has 1 aliphatic heterocycles. The van der Waals surface area contributed by atoms with Crippen LogP contribution in [-0.2, 0) is 19.9 Å². The van der Waals surface area contributed by atoms with E-state index in [4.69, 9.17) is 11.6 Å². The van der Waals surface area contributed by atoms with E-state index < -0.39 is 19.9 Å². The molecule has 1 heterocycles. The molecule has 1 saturated heterocycles. The Bertz CT molecular complexity index is 718. The lowest BCUT2D eigenvalue weighted by Gasteiger charge is -2.11. The van der Waals surface area contributed by atoms with Gasteiger partial charge in [0.1, 0.15) is 0 Å². The third kappa shape index (κ3) is 3.94. The van der Waals surface area contributed by atoms with Crippen LogP contribution in [0, 0.1) is 5.92 Å². The van der Waals surface area contributed by atoms with Crippen molar-refractivity contribution < 1.29 is 16.8 Å². The van der Waals surface area contributed by atoms with Crippen molar-refractivity contribution in [3.63, 3.8) is 0 Å². The van der Waals surface area contributed by atoms with E-state index in [0.29, 0.717) is 15.9 Å². The molecular formula is C11H13BrClNO4S2. The second-order valence-electron chi connectivity index (χ2n) is 4.70. The maximum absolute atomic E-state index is 12.1. The number of halogens is 2. The Morgan fingerprint density at radius 2 is 2.10 bits per heavy atom. The van der Waals surface area contributed by atoms with Gasteiger partial charge in [-0.2, -0.15) is 0 Å². The number of nitrogens with one attached hydrogen (secondary N) is 1. The van der Waals surface area contributed by atoms with Crippen LogP contribution in [0.15, 0.2) is 27.6 Å². The molecule has 20 heavy (non-hydrogen) atoms. The summed E-state index contributed by atoms with van der Waals surface area (Å²) in [4.78, 5) is 0.0922. The molecule has 1 N–H and O–H groups in total. The Morgan fingerprint density at radius 1 is 1.40 bits per heavy atom. The maximum Gasteiger partial charge on any atom is 0.240 e. The van der Waals surface area contributed by atoms with Crippen LogP contribution in [0.4, 0.5) is 0 Å². The SMILES string of the molecule is O=S1(=O)CCC(CNS(=O)(=O)c2ccc(Cl)c(Br)c2)C1. The first kappa shape index (κ1) is 16.2. The normalized spacial score (nSPS) is 22.0. The first-order chi connectivity index (χ1) is 9.20. The van der Waals surface area contributed by atoms with Gasteiger partial charge in [0.25, 0.3) is 0 Å². The summed E-state index contributed by atoms with van der Waals surface area (Å²) in [7, 11) is -6.66. The highest BCUT2D eigenvalue weighted by Crippen LogP contribution is 2.25. The van der Waals surface area contributed by atoms with Crippen molar-refractivity contribution in [1.82, 2.24) is 4.72 Å². The molecule has 1 aromatic rings. The predicted molar refractivity (Wildman–Crippen MR) is 81.1 cm³/mol. The average molecular weight is 403 g/mol. The molecule has 112 valence electrons. The van der Waals surface area contributed by atoms with Gasteiger partial charge in [-0.3, -0.25) is 0 Å². The zero-order valence-electron chi connectivity index (χ0n) is 10.3. The molecule has 1 fully saturated rings. The lowest BCUT2D eigenvalue weighted by atomic mass is 10.1. The fraction of sp³-hybridized carbons (Fsp3) is 0.455. The zero-order chi connectivity index (χ0) is 15.0. The summed E-state index contributed by atoms with van der Waals surface area (Å²) < 4.78 is 49.8. The first-order valence-corrected chi connectivity index (χ1v) is 10.3. The van der Waals surface area contributed by atoms with Crippen LogP contribution in [0.25, 0.3) is 0 Å². The number of benzene rings is 1. The van der Waals surface area contributed by atoms with Crippen LogP contribution in [0.1, 0.15) is 6.42 Å². The topological polar surface area (TPSA) is 80.3 Å². The minimum Gasteiger partial charge on any atom is -0.229 e. The van der Waals surface area contributed by atoms with E-state index in [-0.39, 0.29) is 28.9 Å². The van der Waals surface area contributed by atoms with Gasteiger partial charge in [0.15, 0.2) is 9.84 Å². The van der Waals surface area contributed by atoms with E-state index >= 15 is 0 Å². The summed E-state index contributed by atoms with van der Waals surface area (Å²) in [5.41, 5.74) is 0. The number of rotatable bonds is 4. The van der Waals surface area contributed by atoms with E-state index in [1.807, 2.05) is 0 Å². The molecule has 1 aromatic carbocycles. The van der Waals surface area contributed by atoms with Crippen LogP contribution in [0.2, 0.25) is 5.02 Å². The molecule has 0 spiro atoms. The highest BCUT2D eigenvalue weighted by atomic mass is 79.9. The second-order valence-corrected chi connectivity index (χ2v) is 9.95. The standard InChI is InChI=1S/C11H13BrClNO4S2/c12-10-5-9(1-2-11(10)13)20(17,18)14-6-8-3-4-19(15,16)7-8/h1-2,5,8,14H,3-4,6-7H2. The van der Waals surface area contributed by atoms with Crippen molar-refractivity contribution in [2.75, 3.05) is 18.1 Å². The van der Waals surface area contributed by atoms with Gasteiger partial charge in [-0.05, 0) is 46.5 Å². The third-order valence-corrected chi connectivity index (χ3v) is 7.56. The van der Waals surface area contributed by atoms with Gasteiger partial charge in [0.05, 0.1) is 21.4 Å². The zero-order valence-corrected chi connectivity index (χ0v) is 14.3. The molecule has 0 saturated carbocycles. The molecule has 2 rings (SSSR count). The van der Waals surface area contributed by atoms with E-state index in [1.54, 1.807) is 0 Å². The Hall–Kier alpha value is -0.150. The molecule has 5 nitrogen and oxygen atoms in total. The molecule has 1 unspecified atom stereocenters. The van der Waals surface area contributed by atoms with Gasteiger partial charge in [-0.1, -0.05) is 11.6 Å². The molecular weight excluding hydrogens is 390 g/mol. The minimum absolute atomic E-state index is 0.0415. The minimum atomic E-state index is -3.66. The van der Waals surface area contributed by atoms with E-state index in [2.05, 4.69) is 20.7 Å². The van der Waals surface area contributed by atoms with Gasteiger partial charge in [0.2, 0.25) is 10.0 Å². The molecule has 9 heteroatoms. The van der Waals surface area contributed by atoms with Crippen molar-refractivity contribution in [1.29, 1.82) is 0 Å². The quantitative estimate of drug-likeness (QED) is 0.833. The molecule has 1 aliphatic rings. The second kappa shape index (κ2) is 5.92. The summed E-state index contributed by atoms with van der Waals surface area (Å²) in [5.74, 6) is 0.0108. The molecule has 0 radical (unpaired) electrons. The van der Waals surface area contributed by atoms with Gasteiger partial charge >= 0.3 is 0 Å². The molecule has 1 atom stereocenters. The van der Waals surface area contributed by atoms with Crippen LogP contribution in [0.5, 0.6) is 0 Å². The van der Waals surface area contributed by atoms with Crippen molar-refractivity contribution in [2.45, 2.75) is 11.3 Å². The fourth-order valence-corrected chi connectivity index (χ4v) is 5.64. The summed E-state index contributed by atoms with van der Waals surface area (Å²) in [6.07, 6.45) is 0.495. The van der Waals surface area contributed by atoms with E-state index in [1.165, 1.54) is 18.2 Å². The van der Waals surface area contributed by atoms with Gasteiger partial charge < -0.3 is 0 Å². The van der Waals surface area contributed by atoms with Crippen molar-refractivity contribution in [2.24, 2.45) is 5.92 Å². The number of hydrogen-bond donors (Lipinski definition) is 1. The number of sulfone groups is 1. The Balaban J connectivity index is 2.06. The van der Waals surface area contributed by atoms with Crippen molar-refractivity contribution >= 4 is 47.4 Å². The van der Waals surface area contributed by atoms with Gasteiger partial charge in [-0.15, -0.1) is 0 Å². The molecule has 0 bridgehead atoms. The number of sulfonamides is 1. The Labute approximate surface area is 131 Å². The molecule has 0 amide bonds. The van der Waals surface area contributed by atoms with Crippen LogP contribution in [0.3, 0.4) is 0 Å². The largest absolute Gasteiger partial charge is 0.240 e. The first-order valence-electron chi connectivity index (χ1n) is 5.85. The Morgan fingerprint density at radius 3 is 2.65 bits per heavy atom. The highest BCUT2D eigenvalue weighted by molar-refractivity contribution is 9.10. The monoisotopic (exact) mass is 401 g/mol. The smallest absolute Gasteiger partial charge is 0.229 e. The lowest BCUT2D eigenvalue weighted by molar-refractivity contribution is 0.543. The maximum atomic E-state index is 12.1. The van der Waals surface area contributed by atoms with Gasteiger partial charge in [-0.25, -0.2) is 21.6 Å². The third-order valence-electron chi connectivity index (χ3n) is 3.09. The molecule has 0 aromatic heterocycles. The van der Waals surface area contributed by atoms with Gasteiger partial charge in [0, 0.05) is 11.0 Å². The Kier molecular flexibility index (Phi) is 4.80. The summed E-state index contributed by atoms with van der Waals surface area (Å²) in [5, 5.41) is 0.422. The lowest BCUT2D eigenvalue weighted by Crippen LogP contribution is -2.30. The van der Waals surface area contributed by atoms with E-state index in [0.717, 1.165) is 0 Å². The van der Waals surface area contributed by atoms with Crippen LogP contribution in [-0.4, -0.2) is 34.9 Å². The van der Waals surface area contributed by atoms with Crippen molar-refractivity contribution in [3.8, 4) is 0 Å².